The SMILES string of the molecule is CCOC(=O)[C@@]1(C(=O)C(F)(F)F)CC2CCC1CC2. The zero-order valence-electron chi connectivity index (χ0n) is 10.8. The van der Waals surface area contributed by atoms with Crippen molar-refractivity contribution >= 4 is 11.8 Å². The summed E-state index contributed by atoms with van der Waals surface area (Å²) < 4.78 is 43.3. The van der Waals surface area contributed by atoms with Crippen LogP contribution in [-0.2, 0) is 14.3 Å². The van der Waals surface area contributed by atoms with Crippen molar-refractivity contribution in [1.29, 1.82) is 0 Å². The van der Waals surface area contributed by atoms with Gasteiger partial charge in [-0.15, -0.1) is 0 Å². The fourth-order valence-electron chi connectivity index (χ4n) is 3.61. The molecule has 0 aromatic rings. The number of hydrogen-bond acceptors (Lipinski definition) is 3. The fraction of sp³-hybridized carbons (Fsp3) is 0.846. The van der Waals surface area contributed by atoms with E-state index in [1.807, 2.05) is 0 Å². The zero-order chi connectivity index (χ0) is 14.3. The highest BCUT2D eigenvalue weighted by Gasteiger charge is 2.64. The number of rotatable bonds is 3. The highest BCUT2D eigenvalue weighted by Crippen LogP contribution is 2.55. The van der Waals surface area contributed by atoms with Crippen LogP contribution in [0.2, 0.25) is 0 Å². The quantitative estimate of drug-likeness (QED) is 0.589. The van der Waals surface area contributed by atoms with Gasteiger partial charge in [-0.05, 0) is 38.0 Å². The molecule has 0 unspecified atom stereocenters. The molecule has 0 spiro atoms. The van der Waals surface area contributed by atoms with Crippen LogP contribution in [0.1, 0.15) is 39.0 Å². The van der Waals surface area contributed by atoms with Gasteiger partial charge < -0.3 is 4.74 Å². The van der Waals surface area contributed by atoms with Crippen molar-refractivity contribution in [1.82, 2.24) is 0 Å². The van der Waals surface area contributed by atoms with Gasteiger partial charge in [-0.2, -0.15) is 13.2 Å². The number of esters is 1. The molecular formula is C13H17F3O3. The second-order valence-corrected chi connectivity index (χ2v) is 5.44. The first-order valence-corrected chi connectivity index (χ1v) is 6.61. The van der Waals surface area contributed by atoms with Gasteiger partial charge in [-0.1, -0.05) is 12.8 Å². The topological polar surface area (TPSA) is 43.4 Å². The van der Waals surface area contributed by atoms with Gasteiger partial charge in [0.15, 0.2) is 0 Å². The molecule has 3 saturated carbocycles. The van der Waals surface area contributed by atoms with Crippen LogP contribution in [0.3, 0.4) is 0 Å². The van der Waals surface area contributed by atoms with E-state index in [-0.39, 0.29) is 18.9 Å². The number of alkyl halides is 3. The molecule has 3 nitrogen and oxygen atoms in total. The number of ether oxygens (including phenoxy) is 1. The van der Waals surface area contributed by atoms with Gasteiger partial charge in [0.05, 0.1) is 6.61 Å². The normalized spacial score (nSPS) is 34.1. The van der Waals surface area contributed by atoms with Crippen LogP contribution in [0.4, 0.5) is 13.2 Å². The molecule has 3 aliphatic carbocycles. The first-order valence-electron chi connectivity index (χ1n) is 6.61. The van der Waals surface area contributed by atoms with Crippen molar-refractivity contribution in [2.45, 2.75) is 45.2 Å². The average molecular weight is 278 g/mol. The van der Waals surface area contributed by atoms with Crippen molar-refractivity contribution in [3.63, 3.8) is 0 Å². The monoisotopic (exact) mass is 278 g/mol. The molecule has 6 heteroatoms. The van der Waals surface area contributed by atoms with Crippen LogP contribution < -0.4 is 0 Å². The van der Waals surface area contributed by atoms with E-state index in [1.165, 1.54) is 6.92 Å². The minimum Gasteiger partial charge on any atom is -0.465 e. The summed E-state index contributed by atoms with van der Waals surface area (Å²) in [6.45, 7) is 1.52. The van der Waals surface area contributed by atoms with Gasteiger partial charge in [-0.3, -0.25) is 9.59 Å². The molecule has 0 N–H and O–H groups in total. The molecule has 3 rings (SSSR count). The fourth-order valence-corrected chi connectivity index (χ4v) is 3.61. The maximum atomic E-state index is 12.8. The molecule has 3 aliphatic rings. The van der Waals surface area contributed by atoms with Crippen LogP contribution in [0.15, 0.2) is 0 Å². The van der Waals surface area contributed by atoms with Crippen molar-refractivity contribution in [2.75, 3.05) is 6.61 Å². The van der Waals surface area contributed by atoms with E-state index >= 15 is 0 Å². The van der Waals surface area contributed by atoms with Crippen LogP contribution in [0.25, 0.3) is 0 Å². The van der Waals surface area contributed by atoms with E-state index in [0.717, 1.165) is 12.8 Å². The summed E-state index contributed by atoms with van der Waals surface area (Å²) in [5.41, 5.74) is -1.98. The Balaban J connectivity index is 2.39. The van der Waals surface area contributed by atoms with Gasteiger partial charge >= 0.3 is 12.1 Å². The summed E-state index contributed by atoms with van der Waals surface area (Å²) in [6, 6.07) is 0. The summed E-state index contributed by atoms with van der Waals surface area (Å²) in [5.74, 6) is -3.38. The van der Waals surface area contributed by atoms with E-state index in [4.69, 9.17) is 4.74 Å². The van der Waals surface area contributed by atoms with Crippen LogP contribution in [0, 0.1) is 17.3 Å². The summed E-state index contributed by atoms with van der Waals surface area (Å²) in [4.78, 5) is 23.9. The Morgan fingerprint density at radius 1 is 1.21 bits per heavy atom. The lowest BCUT2D eigenvalue weighted by Gasteiger charge is -2.48. The molecule has 3 fully saturated rings. The Hall–Kier alpha value is -1.07. The van der Waals surface area contributed by atoms with Crippen LogP contribution in [0.5, 0.6) is 0 Å². The Morgan fingerprint density at radius 2 is 1.79 bits per heavy atom. The summed E-state index contributed by atoms with van der Waals surface area (Å²) in [5, 5.41) is 0. The molecule has 19 heavy (non-hydrogen) atoms. The minimum atomic E-state index is -4.98. The van der Waals surface area contributed by atoms with Crippen LogP contribution in [-0.4, -0.2) is 24.5 Å². The zero-order valence-corrected chi connectivity index (χ0v) is 10.8. The molecular weight excluding hydrogens is 261 g/mol. The highest BCUT2D eigenvalue weighted by molar-refractivity contribution is 6.07. The lowest BCUT2D eigenvalue weighted by molar-refractivity contribution is -0.201. The summed E-state index contributed by atoms with van der Waals surface area (Å²) in [7, 11) is 0. The second kappa shape index (κ2) is 4.80. The average Bonchev–Trinajstić information content (AvgIpc) is 2.38. The number of carbonyl (C=O) groups is 2. The summed E-state index contributed by atoms with van der Waals surface area (Å²) >= 11 is 0. The van der Waals surface area contributed by atoms with Gasteiger partial charge in [0.1, 0.15) is 5.41 Å². The third-order valence-electron chi connectivity index (χ3n) is 4.46. The lowest BCUT2D eigenvalue weighted by Crippen LogP contribution is -2.57. The molecule has 0 aromatic carbocycles. The number of carbonyl (C=O) groups excluding carboxylic acids is 2. The van der Waals surface area contributed by atoms with Gasteiger partial charge in [0.2, 0.25) is 0 Å². The maximum Gasteiger partial charge on any atom is 0.451 e. The van der Waals surface area contributed by atoms with E-state index in [0.29, 0.717) is 12.8 Å². The van der Waals surface area contributed by atoms with Crippen LogP contribution >= 0.6 is 0 Å². The lowest BCUT2D eigenvalue weighted by atomic mass is 9.54. The Labute approximate surface area is 109 Å². The molecule has 108 valence electrons. The maximum absolute atomic E-state index is 12.8. The van der Waals surface area contributed by atoms with Crippen molar-refractivity contribution in [2.24, 2.45) is 17.3 Å². The third-order valence-corrected chi connectivity index (χ3v) is 4.46. The first-order chi connectivity index (χ1) is 8.82. The highest BCUT2D eigenvalue weighted by atomic mass is 19.4. The Kier molecular flexibility index (Phi) is 3.62. The standard InChI is InChI=1S/C13H17F3O3/c1-2-19-11(18)12(10(17)13(14,15)16)7-8-3-5-9(12)6-4-8/h8-9H,2-7H2,1H3/t8?,9?,12-/m0/s1. The molecule has 0 radical (unpaired) electrons. The van der Waals surface area contributed by atoms with E-state index < -0.39 is 29.3 Å². The van der Waals surface area contributed by atoms with Gasteiger partial charge in [-0.25, -0.2) is 0 Å². The number of ketones is 1. The predicted molar refractivity (Wildman–Crippen MR) is 60.2 cm³/mol. The largest absolute Gasteiger partial charge is 0.465 e. The molecule has 0 aliphatic heterocycles. The van der Waals surface area contributed by atoms with E-state index in [2.05, 4.69) is 0 Å². The summed E-state index contributed by atoms with van der Waals surface area (Å²) in [6.07, 6.45) is -2.37. The smallest absolute Gasteiger partial charge is 0.451 e. The first kappa shape index (κ1) is 14.3. The van der Waals surface area contributed by atoms with Crippen molar-refractivity contribution < 1.29 is 27.5 Å². The molecule has 2 bridgehead atoms. The second-order valence-electron chi connectivity index (χ2n) is 5.44. The molecule has 1 atom stereocenters. The van der Waals surface area contributed by atoms with Gasteiger partial charge in [0, 0.05) is 0 Å². The van der Waals surface area contributed by atoms with Gasteiger partial charge in [0.25, 0.3) is 5.78 Å². The Morgan fingerprint density at radius 3 is 2.16 bits per heavy atom. The molecule has 0 saturated heterocycles. The number of Topliss-reactive ketones (excluding diaryl/α,β-unsaturated/α-hetero) is 1. The molecule has 0 amide bonds. The molecule has 0 heterocycles. The number of halogens is 3. The Bertz CT molecular complexity index is 383. The number of hydrogen-bond donors (Lipinski definition) is 0. The van der Waals surface area contributed by atoms with Crippen molar-refractivity contribution in [3.8, 4) is 0 Å². The number of fused-ring (bicyclic) bond motifs is 3. The van der Waals surface area contributed by atoms with E-state index in [1.54, 1.807) is 0 Å². The van der Waals surface area contributed by atoms with Crippen molar-refractivity contribution in [3.05, 3.63) is 0 Å². The minimum absolute atomic E-state index is 0.00512. The predicted octanol–water partition coefficient (Wildman–Crippen LogP) is 2.88. The molecule has 0 aromatic heterocycles. The third kappa shape index (κ3) is 2.25. The van der Waals surface area contributed by atoms with E-state index in [9.17, 15) is 22.8 Å².